The Morgan fingerprint density at radius 1 is 1.28 bits per heavy atom. The molecule has 8 nitrogen and oxygen atoms in total. The number of amides is 2. The van der Waals surface area contributed by atoms with E-state index in [-0.39, 0.29) is 17.7 Å². The summed E-state index contributed by atoms with van der Waals surface area (Å²) in [6.45, 7) is 3.93. The first kappa shape index (κ1) is 19.5. The van der Waals surface area contributed by atoms with Crippen LogP contribution in [-0.4, -0.2) is 51.5 Å². The molecule has 154 valence electrons. The fraction of sp³-hybridized carbons (Fsp3) is 0.571. The minimum absolute atomic E-state index is 0.0624. The normalized spacial score (nSPS) is 19.2. The molecule has 1 aliphatic heterocycles. The number of aryl methyl sites for hydroxylation is 2. The van der Waals surface area contributed by atoms with Crippen molar-refractivity contribution in [3.05, 3.63) is 41.3 Å². The SMILES string of the molecule is Cc1noc(CCC(=O)N2CCC[C@@H](c3ccc(C(=O)NCC4CC4)cn3)C2)n1. The molecule has 3 heterocycles. The third-order valence-electron chi connectivity index (χ3n) is 5.61. The van der Waals surface area contributed by atoms with E-state index in [2.05, 4.69) is 20.4 Å². The van der Waals surface area contributed by atoms with Crippen LogP contribution in [-0.2, 0) is 11.2 Å². The van der Waals surface area contributed by atoms with Crippen molar-refractivity contribution in [3.63, 3.8) is 0 Å². The molecule has 1 atom stereocenters. The van der Waals surface area contributed by atoms with E-state index in [1.54, 1.807) is 13.1 Å². The van der Waals surface area contributed by atoms with E-state index >= 15 is 0 Å². The Labute approximate surface area is 170 Å². The highest BCUT2D eigenvalue weighted by Gasteiger charge is 2.26. The Balaban J connectivity index is 1.30. The van der Waals surface area contributed by atoms with Gasteiger partial charge in [0.05, 0.1) is 5.56 Å². The van der Waals surface area contributed by atoms with Gasteiger partial charge in [0.25, 0.3) is 5.91 Å². The lowest BCUT2D eigenvalue weighted by Gasteiger charge is -2.32. The fourth-order valence-electron chi connectivity index (χ4n) is 3.70. The quantitative estimate of drug-likeness (QED) is 0.769. The average Bonchev–Trinajstić information content (AvgIpc) is 3.50. The molecule has 0 spiro atoms. The van der Waals surface area contributed by atoms with Gasteiger partial charge in [-0.1, -0.05) is 5.16 Å². The first-order chi connectivity index (χ1) is 14.1. The van der Waals surface area contributed by atoms with Crippen LogP contribution in [0.3, 0.4) is 0 Å². The number of rotatable bonds is 7. The zero-order valence-corrected chi connectivity index (χ0v) is 16.8. The summed E-state index contributed by atoms with van der Waals surface area (Å²) in [6.07, 6.45) is 6.84. The molecule has 2 aliphatic rings. The zero-order valence-electron chi connectivity index (χ0n) is 16.8. The lowest BCUT2D eigenvalue weighted by molar-refractivity contribution is -0.132. The molecule has 2 fully saturated rings. The van der Waals surface area contributed by atoms with Gasteiger partial charge in [0.2, 0.25) is 11.8 Å². The third-order valence-corrected chi connectivity index (χ3v) is 5.61. The molecule has 0 radical (unpaired) electrons. The predicted molar refractivity (Wildman–Crippen MR) is 105 cm³/mol. The maximum absolute atomic E-state index is 12.6. The number of nitrogens with one attached hydrogen (secondary N) is 1. The van der Waals surface area contributed by atoms with Crippen molar-refractivity contribution in [2.45, 2.75) is 51.4 Å². The number of aromatic nitrogens is 3. The number of carbonyl (C=O) groups excluding carboxylic acids is 2. The molecule has 2 amide bonds. The number of pyridine rings is 1. The van der Waals surface area contributed by atoms with E-state index in [4.69, 9.17) is 4.52 Å². The van der Waals surface area contributed by atoms with Crippen molar-refractivity contribution < 1.29 is 14.1 Å². The Kier molecular flexibility index (Phi) is 5.87. The summed E-state index contributed by atoms with van der Waals surface area (Å²) in [7, 11) is 0. The van der Waals surface area contributed by atoms with Crippen LogP contribution in [0.1, 0.15) is 65.8 Å². The molecule has 0 aromatic carbocycles. The second-order valence-electron chi connectivity index (χ2n) is 8.04. The van der Waals surface area contributed by atoms with Crippen molar-refractivity contribution in [3.8, 4) is 0 Å². The lowest BCUT2D eigenvalue weighted by atomic mass is 9.93. The van der Waals surface area contributed by atoms with E-state index < -0.39 is 0 Å². The van der Waals surface area contributed by atoms with Crippen LogP contribution >= 0.6 is 0 Å². The molecule has 1 aliphatic carbocycles. The Morgan fingerprint density at radius 2 is 2.14 bits per heavy atom. The highest BCUT2D eigenvalue weighted by atomic mass is 16.5. The Morgan fingerprint density at radius 3 is 2.83 bits per heavy atom. The van der Waals surface area contributed by atoms with Crippen LogP contribution in [0.4, 0.5) is 0 Å². The van der Waals surface area contributed by atoms with Crippen molar-refractivity contribution in [1.29, 1.82) is 0 Å². The summed E-state index contributed by atoms with van der Waals surface area (Å²) in [4.78, 5) is 35.3. The van der Waals surface area contributed by atoms with Crippen molar-refractivity contribution in [2.24, 2.45) is 5.92 Å². The first-order valence-corrected chi connectivity index (χ1v) is 10.4. The minimum atomic E-state index is -0.0624. The lowest BCUT2D eigenvalue weighted by Crippen LogP contribution is -2.39. The summed E-state index contributed by atoms with van der Waals surface area (Å²) in [5.74, 6) is 1.97. The number of carbonyl (C=O) groups is 2. The van der Waals surface area contributed by atoms with Crippen LogP contribution in [0.15, 0.2) is 22.9 Å². The van der Waals surface area contributed by atoms with Crippen LogP contribution in [0.25, 0.3) is 0 Å². The van der Waals surface area contributed by atoms with E-state index in [0.717, 1.165) is 31.6 Å². The highest BCUT2D eigenvalue weighted by molar-refractivity contribution is 5.93. The molecule has 8 heteroatoms. The molecular weight excluding hydrogens is 370 g/mol. The second-order valence-corrected chi connectivity index (χ2v) is 8.04. The van der Waals surface area contributed by atoms with E-state index in [9.17, 15) is 9.59 Å². The van der Waals surface area contributed by atoms with Gasteiger partial charge in [0.15, 0.2) is 5.82 Å². The summed E-state index contributed by atoms with van der Waals surface area (Å²) in [6, 6.07) is 3.76. The molecule has 1 saturated carbocycles. The van der Waals surface area contributed by atoms with Gasteiger partial charge in [-0.25, -0.2) is 0 Å². The van der Waals surface area contributed by atoms with Crippen molar-refractivity contribution >= 4 is 11.8 Å². The highest BCUT2D eigenvalue weighted by Crippen LogP contribution is 2.28. The third kappa shape index (κ3) is 5.19. The molecule has 0 bridgehead atoms. The van der Waals surface area contributed by atoms with Crippen LogP contribution in [0.2, 0.25) is 0 Å². The molecule has 1 N–H and O–H groups in total. The van der Waals surface area contributed by atoms with Crippen LogP contribution in [0.5, 0.6) is 0 Å². The van der Waals surface area contributed by atoms with E-state index in [0.29, 0.717) is 42.6 Å². The van der Waals surface area contributed by atoms with Gasteiger partial charge < -0.3 is 14.7 Å². The standard InChI is InChI=1S/C21H27N5O3/c1-14-24-19(29-25-14)8-9-20(27)26-10-2-3-17(13-26)18-7-6-16(12-22-18)21(28)23-11-15-4-5-15/h6-7,12,15,17H,2-5,8-11,13H2,1H3,(H,23,28)/t17-/m1/s1. The van der Waals surface area contributed by atoms with Gasteiger partial charge in [0.1, 0.15) is 0 Å². The van der Waals surface area contributed by atoms with E-state index in [1.165, 1.54) is 12.8 Å². The van der Waals surface area contributed by atoms with Gasteiger partial charge in [0, 0.05) is 50.3 Å². The molecule has 2 aromatic rings. The smallest absolute Gasteiger partial charge is 0.252 e. The van der Waals surface area contributed by atoms with Gasteiger partial charge in [-0.2, -0.15) is 4.98 Å². The monoisotopic (exact) mass is 397 g/mol. The molecule has 4 rings (SSSR count). The van der Waals surface area contributed by atoms with Gasteiger partial charge in [-0.15, -0.1) is 0 Å². The van der Waals surface area contributed by atoms with Gasteiger partial charge in [-0.05, 0) is 50.7 Å². The van der Waals surface area contributed by atoms with E-state index in [1.807, 2.05) is 17.0 Å². The molecule has 29 heavy (non-hydrogen) atoms. The van der Waals surface area contributed by atoms with Gasteiger partial charge in [-0.3, -0.25) is 14.6 Å². The minimum Gasteiger partial charge on any atom is -0.352 e. The number of likely N-dealkylation sites (tertiary alicyclic amines) is 1. The maximum atomic E-state index is 12.6. The number of hydrogen-bond donors (Lipinski definition) is 1. The predicted octanol–water partition coefficient (Wildman–Crippen LogP) is 2.25. The van der Waals surface area contributed by atoms with Crippen molar-refractivity contribution in [2.75, 3.05) is 19.6 Å². The average molecular weight is 397 g/mol. The van der Waals surface area contributed by atoms with Crippen LogP contribution in [0, 0.1) is 12.8 Å². The van der Waals surface area contributed by atoms with Crippen molar-refractivity contribution in [1.82, 2.24) is 25.3 Å². The number of hydrogen-bond acceptors (Lipinski definition) is 6. The summed E-state index contributed by atoms with van der Waals surface area (Å²) in [5.41, 5.74) is 1.53. The Bertz CT molecular complexity index is 859. The number of piperidine rings is 1. The summed E-state index contributed by atoms with van der Waals surface area (Å²) < 4.78 is 5.08. The largest absolute Gasteiger partial charge is 0.352 e. The zero-order chi connectivity index (χ0) is 20.2. The Hall–Kier alpha value is -2.77. The first-order valence-electron chi connectivity index (χ1n) is 10.4. The molecule has 2 aromatic heterocycles. The summed E-state index contributed by atoms with van der Waals surface area (Å²) >= 11 is 0. The fourth-order valence-corrected chi connectivity index (χ4v) is 3.70. The topological polar surface area (TPSA) is 101 Å². The number of nitrogens with zero attached hydrogens (tertiary/aromatic N) is 4. The maximum Gasteiger partial charge on any atom is 0.252 e. The second kappa shape index (κ2) is 8.71. The van der Waals surface area contributed by atoms with Crippen LogP contribution < -0.4 is 5.32 Å². The molecular formula is C21H27N5O3. The van der Waals surface area contributed by atoms with Gasteiger partial charge >= 0.3 is 0 Å². The molecule has 1 saturated heterocycles. The molecule has 0 unspecified atom stereocenters. The summed E-state index contributed by atoms with van der Waals surface area (Å²) in [5, 5.41) is 6.72.